The molecule has 2 aliphatic carbocycles. The van der Waals surface area contributed by atoms with E-state index < -0.39 is 17.2 Å². The second kappa shape index (κ2) is 4.56. The van der Waals surface area contributed by atoms with E-state index in [9.17, 15) is 15.0 Å². The van der Waals surface area contributed by atoms with Crippen LogP contribution in [0.1, 0.15) is 43.7 Å². The van der Waals surface area contributed by atoms with Gasteiger partial charge in [-0.25, -0.2) is 0 Å². The van der Waals surface area contributed by atoms with Gasteiger partial charge in [-0.1, -0.05) is 48.0 Å². The molecule has 2 unspecified atom stereocenters. The topological polar surface area (TPSA) is 66.8 Å². The highest BCUT2D eigenvalue weighted by Gasteiger charge is 2.72. The number of hydrogen-bond acceptors (Lipinski definition) is 4. The number of fused-ring (bicyclic) bond motifs is 5. The Morgan fingerprint density at radius 2 is 2.04 bits per heavy atom. The van der Waals surface area contributed by atoms with Crippen molar-refractivity contribution in [2.75, 3.05) is 0 Å². The lowest BCUT2D eigenvalue weighted by Crippen LogP contribution is -2.51. The number of halogens is 1. The minimum Gasteiger partial charge on any atom is -0.454 e. The first-order valence-electron chi connectivity index (χ1n) is 7.73. The summed E-state index contributed by atoms with van der Waals surface area (Å²) in [5, 5.41) is 22.3. The number of carbonyl (C=O) groups is 1. The second-order valence-corrected chi connectivity index (χ2v) is 7.59. The molecule has 1 saturated carbocycles. The summed E-state index contributed by atoms with van der Waals surface area (Å²) in [7, 11) is 0. The highest BCUT2D eigenvalue weighted by Crippen LogP contribution is 2.59. The highest BCUT2D eigenvalue weighted by atomic mass is 79.9. The van der Waals surface area contributed by atoms with Gasteiger partial charge in [0.05, 0.1) is 0 Å². The Kier molecular flexibility index (Phi) is 3.00. The maximum Gasteiger partial charge on any atom is 0.276 e. The van der Waals surface area contributed by atoms with Crippen LogP contribution in [0.5, 0.6) is 5.75 Å². The number of hydrogen-bond donors (Lipinski definition) is 2. The van der Waals surface area contributed by atoms with E-state index in [4.69, 9.17) is 4.74 Å². The molecular weight excluding hydrogens is 360 g/mol. The lowest BCUT2D eigenvalue weighted by molar-refractivity contribution is -0.202. The zero-order valence-electron chi connectivity index (χ0n) is 12.9. The summed E-state index contributed by atoms with van der Waals surface area (Å²) < 4.78 is 6.47. The minimum atomic E-state index is -2.08. The van der Waals surface area contributed by atoms with Crippen molar-refractivity contribution in [3.05, 3.63) is 51.0 Å². The van der Waals surface area contributed by atoms with Crippen molar-refractivity contribution in [1.29, 1.82) is 0 Å². The van der Waals surface area contributed by atoms with Gasteiger partial charge in [0.1, 0.15) is 5.75 Å². The number of benzene rings is 1. The van der Waals surface area contributed by atoms with Crippen LogP contribution in [0.2, 0.25) is 0 Å². The molecule has 2 atom stereocenters. The molecule has 120 valence electrons. The summed E-state index contributed by atoms with van der Waals surface area (Å²) in [5.41, 5.74) is -0.0109. The van der Waals surface area contributed by atoms with Gasteiger partial charge in [-0.3, -0.25) is 4.79 Å². The molecule has 0 saturated heterocycles. The van der Waals surface area contributed by atoms with Gasteiger partial charge in [0.2, 0.25) is 11.4 Å². The molecule has 0 aromatic heterocycles. The number of rotatable bonds is 1. The van der Waals surface area contributed by atoms with Crippen molar-refractivity contribution >= 4 is 21.7 Å². The fourth-order valence-corrected chi connectivity index (χ4v) is 4.30. The van der Waals surface area contributed by atoms with Crippen molar-refractivity contribution in [3.8, 4) is 5.75 Å². The Morgan fingerprint density at radius 3 is 2.74 bits per heavy atom. The molecule has 5 heteroatoms. The van der Waals surface area contributed by atoms with Gasteiger partial charge in [-0.2, -0.15) is 0 Å². The molecule has 1 fully saturated rings. The number of allylic oxidation sites excluding steroid dienone is 2. The van der Waals surface area contributed by atoms with Gasteiger partial charge in [-0.05, 0) is 30.4 Å². The van der Waals surface area contributed by atoms with Gasteiger partial charge in [-0.15, -0.1) is 0 Å². The molecule has 4 nitrogen and oxygen atoms in total. The zero-order valence-corrected chi connectivity index (χ0v) is 14.5. The summed E-state index contributed by atoms with van der Waals surface area (Å²) in [6.07, 6.45) is 3.14. The minimum absolute atomic E-state index is 0.280. The van der Waals surface area contributed by atoms with E-state index >= 15 is 0 Å². The van der Waals surface area contributed by atoms with Crippen LogP contribution in [0, 0.1) is 0 Å². The Balaban J connectivity index is 1.96. The smallest absolute Gasteiger partial charge is 0.276 e. The SMILES string of the molecule is CC(C)c1ccc2c(c1)OC1(O)C3=CCCC(Br)=C3C(=O)C21O. The predicted octanol–water partition coefficient (Wildman–Crippen LogP) is 3.03. The highest BCUT2D eigenvalue weighted by molar-refractivity contribution is 9.11. The summed E-state index contributed by atoms with van der Waals surface area (Å²) in [4.78, 5) is 12.9. The van der Waals surface area contributed by atoms with Gasteiger partial charge in [0.25, 0.3) is 5.79 Å². The van der Waals surface area contributed by atoms with Crippen molar-refractivity contribution in [1.82, 2.24) is 0 Å². The third kappa shape index (κ3) is 1.65. The lowest BCUT2D eigenvalue weighted by atomic mass is 9.87. The quantitative estimate of drug-likeness (QED) is 0.790. The third-order valence-electron chi connectivity index (χ3n) is 4.98. The average molecular weight is 377 g/mol. The molecular formula is C18H17BrO4. The Bertz CT molecular complexity index is 807. The van der Waals surface area contributed by atoms with Crippen LogP contribution < -0.4 is 4.74 Å². The van der Waals surface area contributed by atoms with Crippen LogP contribution in [-0.4, -0.2) is 21.8 Å². The van der Waals surface area contributed by atoms with Crippen LogP contribution in [0.15, 0.2) is 39.9 Å². The second-order valence-electron chi connectivity index (χ2n) is 6.63. The van der Waals surface area contributed by atoms with Crippen LogP contribution >= 0.6 is 15.9 Å². The Morgan fingerprint density at radius 1 is 1.30 bits per heavy atom. The number of carbonyl (C=O) groups excluding carboxylic acids is 1. The molecule has 2 N–H and O–H groups in total. The molecule has 1 heterocycles. The normalized spacial score (nSPS) is 31.7. The summed E-state index contributed by atoms with van der Waals surface area (Å²) in [5.74, 6) is -1.90. The van der Waals surface area contributed by atoms with E-state index in [2.05, 4.69) is 15.9 Å². The first kappa shape index (κ1) is 15.1. The predicted molar refractivity (Wildman–Crippen MR) is 88.3 cm³/mol. The lowest BCUT2D eigenvalue weighted by Gasteiger charge is -2.28. The maximum absolute atomic E-state index is 12.9. The molecule has 3 aliphatic rings. The van der Waals surface area contributed by atoms with Gasteiger partial charge >= 0.3 is 0 Å². The number of ether oxygens (including phenoxy) is 1. The molecule has 1 aliphatic heterocycles. The molecule has 1 aromatic rings. The zero-order chi connectivity index (χ0) is 16.6. The molecule has 23 heavy (non-hydrogen) atoms. The van der Waals surface area contributed by atoms with Crippen molar-refractivity contribution in [3.63, 3.8) is 0 Å². The van der Waals surface area contributed by atoms with E-state index in [-0.39, 0.29) is 5.92 Å². The van der Waals surface area contributed by atoms with E-state index in [1.807, 2.05) is 19.9 Å². The summed E-state index contributed by atoms with van der Waals surface area (Å²) >= 11 is 3.40. The summed E-state index contributed by atoms with van der Waals surface area (Å²) in [6, 6.07) is 5.35. The largest absolute Gasteiger partial charge is 0.454 e. The number of aliphatic hydroxyl groups is 2. The van der Waals surface area contributed by atoms with Crippen LogP contribution in [-0.2, 0) is 10.4 Å². The standard InChI is InChI=1S/C18H17BrO4/c1-9(2)10-6-7-11-14(8-10)23-18(22)12-4-3-5-13(19)15(12)16(20)17(11,18)21/h4,6-9,21-22H,3,5H2,1-2H3. The Labute approximate surface area is 142 Å². The van der Waals surface area contributed by atoms with E-state index in [1.54, 1.807) is 18.2 Å². The van der Waals surface area contributed by atoms with Crippen molar-refractivity contribution in [2.24, 2.45) is 0 Å². The number of Topliss-reactive ketones (excluding diaryl/α,β-unsaturated/α-hetero) is 1. The first-order chi connectivity index (χ1) is 10.8. The summed E-state index contributed by atoms with van der Waals surface area (Å²) in [6.45, 7) is 4.10. The first-order valence-corrected chi connectivity index (χ1v) is 8.52. The van der Waals surface area contributed by atoms with Crippen molar-refractivity contribution < 1.29 is 19.7 Å². The Hall–Kier alpha value is -1.43. The van der Waals surface area contributed by atoms with Crippen LogP contribution in [0.3, 0.4) is 0 Å². The van der Waals surface area contributed by atoms with E-state index in [0.717, 1.165) is 5.56 Å². The van der Waals surface area contributed by atoms with E-state index in [0.29, 0.717) is 39.8 Å². The molecule has 0 bridgehead atoms. The fraction of sp³-hybridized carbons (Fsp3) is 0.389. The molecule has 0 spiro atoms. The maximum atomic E-state index is 12.9. The molecule has 0 amide bonds. The fourth-order valence-electron chi connectivity index (χ4n) is 3.67. The molecule has 4 rings (SSSR count). The third-order valence-corrected chi connectivity index (χ3v) is 5.78. The van der Waals surface area contributed by atoms with E-state index in [1.165, 1.54) is 0 Å². The number of ketones is 1. The molecule has 0 radical (unpaired) electrons. The van der Waals surface area contributed by atoms with Crippen LogP contribution in [0.25, 0.3) is 0 Å². The monoisotopic (exact) mass is 376 g/mol. The van der Waals surface area contributed by atoms with Crippen LogP contribution in [0.4, 0.5) is 0 Å². The average Bonchev–Trinajstić information content (AvgIpc) is 2.84. The van der Waals surface area contributed by atoms with Gasteiger partial charge < -0.3 is 14.9 Å². The van der Waals surface area contributed by atoms with Crippen molar-refractivity contribution in [2.45, 2.75) is 44.0 Å². The molecule has 1 aromatic carbocycles. The van der Waals surface area contributed by atoms with Gasteiger partial charge in [0, 0.05) is 21.2 Å². The van der Waals surface area contributed by atoms with Gasteiger partial charge in [0.15, 0.2) is 0 Å².